The fourth-order valence-electron chi connectivity index (χ4n) is 3.07. The largest absolute Gasteiger partial charge is 0.497 e. The normalized spacial score (nSPS) is 10.8. The zero-order chi connectivity index (χ0) is 23.0. The van der Waals surface area contributed by atoms with Crippen molar-refractivity contribution in [2.24, 2.45) is 5.10 Å². The molecule has 0 aliphatic carbocycles. The standard InChI is InChI=1S/C24H22N6O3/c1-32-21-12-18(13-22(14-21)33-2)15-25-27-24(31)20-10-8-17(9-11-20)16-30-28-23(26-29-30)19-6-4-3-5-7-19/h3-15H,16H2,1-2H3,(H,27,31)/b25-15+. The number of carbonyl (C=O) groups excluding carboxylic acids is 1. The Labute approximate surface area is 190 Å². The van der Waals surface area contributed by atoms with E-state index >= 15 is 0 Å². The van der Waals surface area contributed by atoms with Gasteiger partial charge in [0.05, 0.1) is 27.0 Å². The van der Waals surface area contributed by atoms with E-state index < -0.39 is 0 Å². The van der Waals surface area contributed by atoms with Crippen LogP contribution in [0.3, 0.4) is 0 Å². The first kappa shape index (κ1) is 21.7. The molecule has 1 amide bonds. The van der Waals surface area contributed by atoms with Gasteiger partial charge in [-0.15, -0.1) is 10.2 Å². The number of hydrogen-bond acceptors (Lipinski definition) is 7. The molecule has 0 spiro atoms. The van der Waals surface area contributed by atoms with Crippen LogP contribution in [0.25, 0.3) is 11.4 Å². The van der Waals surface area contributed by atoms with E-state index in [2.05, 4.69) is 25.9 Å². The number of rotatable bonds is 8. The van der Waals surface area contributed by atoms with Crippen molar-refractivity contribution in [1.29, 1.82) is 0 Å². The van der Waals surface area contributed by atoms with Gasteiger partial charge in [0.2, 0.25) is 5.82 Å². The molecule has 0 fully saturated rings. The number of nitrogens with one attached hydrogen (secondary N) is 1. The third-order valence-electron chi connectivity index (χ3n) is 4.78. The monoisotopic (exact) mass is 442 g/mol. The third kappa shape index (κ3) is 5.59. The van der Waals surface area contributed by atoms with Crippen molar-refractivity contribution in [3.8, 4) is 22.9 Å². The van der Waals surface area contributed by atoms with Crippen LogP contribution in [0.15, 0.2) is 77.9 Å². The summed E-state index contributed by atoms with van der Waals surface area (Å²) in [4.78, 5) is 13.9. The van der Waals surface area contributed by atoms with Gasteiger partial charge in [0.1, 0.15) is 11.5 Å². The Hall–Kier alpha value is -4.53. The number of carbonyl (C=O) groups is 1. The number of aromatic nitrogens is 4. The molecule has 0 aliphatic rings. The summed E-state index contributed by atoms with van der Waals surface area (Å²) in [6.45, 7) is 0.442. The second-order valence-electron chi connectivity index (χ2n) is 7.05. The molecule has 0 unspecified atom stereocenters. The summed E-state index contributed by atoms with van der Waals surface area (Å²) >= 11 is 0. The molecular formula is C24H22N6O3. The molecule has 0 bridgehead atoms. The molecule has 1 N–H and O–H groups in total. The maximum Gasteiger partial charge on any atom is 0.271 e. The van der Waals surface area contributed by atoms with E-state index in [0.717, 1.165) is 16.7 Å². The van der Waals surface area contributed by atoms with Gasteiger partial charge in [0.25, 0.3) is 5.91 Å². The SMILES string of the molecule is COc1cc(/C=N/NC(=O)c2ccc(Cn3nnc(-c4ccccc4)n3)cc2)cc(OC)c1. The van der Waals surface area contributed by atoms with E-state index in [-0.39, 0.29) is 5.91 Å². The van der Waals surface area contributed by atoms with Crippen LogP contribution < -0.4 is 14.9 Å². The van der Waals surface area contributed by atoms with Crippen LogP contribution in [0, 0.1) is 0 Å². The number of amides is 1. The number of hydrogen-bond donors (Lipinski definition) is 1. The fraction of sp³-hybridized carbons (Fsp3) is 0.125. The second-order valence-corrected chi connectivity index (χ2v) is 7.05. The Morgan fingerprint density at radius 2 is 1.70 bits per heavy atom. The maximum atomic E-state index is 12.4. The van der Waals surface area contributed by atoms with Crippen LogP contribution in [0.1, 0.15) is 21.5 Å². The highest BCUT2D eigenvalue weighted by Gasteiger charge is 2.08. The summed E-state index contributed by atoms with van der Waals surface area (Å²) in [7, 11) is 3.14. The molecule has 33 heavy (non-hydrogen) atoms. The molecule has 9 nitrogen and oxygen atoms in total. The number of hydrazone groups is 1. The first-order valence-electron chi connectivity index (χ1n) is 10.1. The molecule has 0 aliphatic heterocycles. The zero-order valence-electron chi connectivity index (χ0n) is 18.2. The van der Waals surface area contributed by atoms with Crippen LogP contribution >= 0.6 is 0 Å². The summed E-state index contributed by atoms with van der Waals surface area (Å²) in [6.07, 6.45) is 1.53. The van der Waals surface area contributed by atoms with Crippen molar-refractivity contribution >= 4 is 12.1 Å². The molecular weight excluding hydrogens is 420 g/mol. The van der Waals surface area contributed by atoms with E-state index in [1.807, 2.05) is 42.5 Å². The summed E-state index contributed by atoms with van der Waals surface area (Å²) in [6, 6.07) is 22.1. The average Bonchev–Trinajstić information content (AvgIpc) is 3.33. The van der Waals surface area contributed by atoms with Gasteiger partial charge in [-0.3, -0.25) is 4.79 Å². The van der Waals surface area contributed by atoms with Crippen molar-refractivity contribution in [2.45, 2.75) is 6.54 Å². The van der Waals surface area contributed by atoms with Crippen molar-refractivity contribution < 1.29 is 14.3 Å². The van der Waals surface area contributed by atoms with Gasteiger partial charge in [0, 0.05) is 22.8 Å². The van der Waals surface area contributed by atoms with Crippen LogP contribution in [0.2, 0.25) is 0 Å². The topological polar surface area (TPSA) is 104 Å². The lowest BCUT2D eigenvalue weighted by molar-refractivity contribution is 0.0955. The molecule has 0 saturated heterocycles. The average molecular weight is 442 g/mol. The second kappa shape index (κ2) is 10.2. The van der Waals surface area contributed by atoms with E-state index in [1.54, 1.807) is 44.6 Å². The Kier molecular flexibility index (Phi) is 6.70. The minimum Gasteiger partial charge on any atom is -0.497 e. The van der Waals surface area contributed by atoms with Crippen LogP contribution in [0.4, 0.5) is 0 Å². The van der Waals surface area contributed by atoms with Crippen molar-refractivity contribution in [2.75, 3.05) is 14.2 Å². The molecule has 0 atom stereocenters. The lowest BCUT2D eigenvalue weighted by atomic mass is 10.1. The van der Waals surface area contributed by atoms with Crippen LogP contribution in [-0.4, -0.2) is 46.5 Å². The summed E-state index contributed by atoms with van der Waals surface area (Å²) in [5.74, 6) is 1.52. The highest BCUT2D eigenvalue weighted by Crippen LogP contribution is 2.21. The van der Waals surface area contributed by atoms with Gasteiger partial charge >= 0.3 is 0 Å². The van der Waals surface area contributed by atoms with Gasteiger partial charge in [0.15, 0.2) is 0 Å². The van der Waals surface area contributed by atoms with Crippen LogP contribution in [-0.2, 0) is 6.54 Å². The smallest absolute Gasteiger partial charge is 0.271 e. The fourth-order valence-corrected chi connectivity index (χ4v) is 3.07. The van der Waals surface area contributed by atoms with Crippen molar-refractivity contribution in [3.63, 3.8) is 0 Å². The first-order chi connectivity index (χ1) is 16.1. The Morgan fingerprint density at radius 3 is 2.36 bits per heavy atom. The number of tetrazole rings is 1. The van der Waals surface area contributed by atoms with Gasteiger partial charge in [-0.25, -0.2) is 5.43 Å². The van der Waals surface area contributed by atoms with Crippen LogP contribution in [0.5, 0.6) is 11.5 Å². The van der Waals surface area contributed by atoms with E-state index in [0.29, 0.717) is 29.4 Å². The quantitative estimate of drug-likeness (QED) is 0.332. The van der Waals surface area contributed by atoms with E-state index in [4.69, 9.17) is 9.47 Å². The molecule has 0 radical (unpaired) electrons. The predicted octanol–water partition coefficient (Wildman–Crippen LogP) is 3.17. The number of benzene rings is 3. The maximum absolute atomic E-state index is 12.4. The molecule has 0 saturated carbocycles. The third-order valence-corrected chi connectivity index (χ3v) is 4.78. The number of methoxy groups -OCH3 is 2. The minimum absolute atomic E-state index is 0.321. The molecule has 4 aromatic rings. The minimum atomic E-state index is -0.321. The first-order valence-corrected chi connectivity index (χ1v) is 10.1. The molecule has 166 valence electrons. The number of nitrogens with zero attached hydrogens (tertiary/aromatic N) is 5. The Bertz CT molecular complexity index is 1230. The lowest BCUT2D eigenvalue weighted by Gasteiger charge is -2.05. The Balaban J connectivity index is 1.36. The highest BCUT2D eigenvalue weighted by molar-refractivity contribution is 5.95. The van der Waals surface area contributed by atoms with Gasteiger partial charge in [-0.05, 0) is 35.0 Å². The van der Waals surface area contributed by atoms with Gasteiger partial charge < -0.3 is 9.47 Å². The van der Waals surface area contributed by atoms with E-state index in [1.165, 1.54) is 11.0 Å². The molecule has 4 rings (SSSR count). The summed E-state index contributed by atoms with van der Waals surface area (Å²) in [5, 5.41) is 16.6. The number of ether oxygens (including phenoxy) is 2. The predicted molar refractivity (Wildman–Crippen MR) is 123 cm³/mol. The zero-order valence-corrected chi connectivity index (χ0v) is 18.2. The van der Waals surface area contributed by atoms with E-state index in [9.17, 15) is 4.79 Å². The molecule has 1 aromatic heterocycles. The lowest BCUT2D eigenvalue weighted by Crippen LogP contribution is -2.17. The summed E-state index contributed by atoms with van der Waals surface area (Å²) in [5.41, 5.74) is 5.58. The molecule has 1 heterocycles. The van der Waals surface area contributed by atoms with Gasteiger partial charge in [-0.2, -0.15) is 9.90 Å². The molecule has 9 heteroatoms. The van der Waals surface area contributed by atoms with Crippen molar-refractivity contribution in [1.82, 2.24) is 25.6 Å². The van der Waals surface area contributed by atoms with Crippen molar-refractivity contribution in [3.05, 3.63) is 89.5 Å². The molecule has 3 aromatic carbocycles. The van der Waals surface area contributed by atoms with Gasteiger partial charge in [-0.1, -0.05) is 42.5 Å². The highest BCUT2D eigenvalue weighted by atomic mass is 16.5. The summed E-state index contributed by atoms with van der Waals surface area (Å²) < 4.78 is 10.5. The Morgan fingerprint density at radius 1 is 1.00 bits per heavy atom.